The van der Waals surface area contributed by atoms with Crippen LogP contribution in [0.1, 0.15) is 29.1 Å². The van der Waals surface area contributed by atoms with Crippen molar-refractivity contribution in [3.8, 4) is 5.75 Å². The molecule has 3 amide bonds. The van der Waals surface area contributed by atoms with Crippen LogP contribution in [-0.2, 0) is 16.0 Å². The summed E-state index contributed by atoms with van der Waals surface area (Å²) in [6.07, 6.45) is 6.47. The molecular formula is C29H28ClN5O5. The summed E-state index contributed by atoms with van der Waals surface area (Å²) in [5, 5.41) is 6.60. The Bertz CT molecular complexity index is 1470. The molecule has 0 bridgehead atoms. The van der Waals surface area contributed by atoms with Crippen LogP contribution in [0.4, 0.5) is 0 Å². The summed E-state index contributed by atoms with van der Waals surface area (Å²) in [5.41, 5.74) is 1.11. The van der Waals surface area contributed by atoms with Crippen molar-refractivity contribution in [2.45, 2.75) is 31.4 Å². The minimum atomic E-state index is -0.980. The predicted octanol–water partition coefficient (Wildman–Crippen LogP) is 3.40. The lowest BCUT2D eigenvalue weighted by molar-refractivity contribution is -0.134. The van der Waals surface area contributed by atoms with Gasteiger partial charge in [0, 0.05) is 67.0 Å². The number of nitrogens with zero attached hydrogens (tertiary/aromatic N) is 3. The molecule has 1 atom stereocenters. The van der Waals surface area contributed by atoms with Crippen LogP contribution < -0.4 is 15.4 Å². The van der Waals surface area contributed by atoms with E-state index in [1.807, 2.05) is 0 Å². The zero-order valence-electron chi connectivity index (χ0n) is 21.6. The number of furan rings is 1. The van der Waals surface area contributed by atoms with Crippen LogP contribution in [0, 0.1) is 0 Å². The molecule has 1 aliphatic rings. The predicted molar refractivity (Wildman–Crippen MR) is 148 cm³/mol. The third-order valence-electron chi connectivity index (χ3n) is 6.62. The number of aromatic nitrogens is 2. The van der Waals surface area contributed by atoms with Gasteiger partial charge in [-0.15, -0.1) is 0 Å². The largest absolute Gasteiger partial charge is 0.490 e. The fraction of sp³-hybridized carbons (Fsp3) is 0.276. The van der Waals surface area contributed by atoms with Crippen molar-refractivity contribution in [2.24, 2.45) is 0 Å². The number of hydrogen-bond acceptors (Lipinski definition) is 7. The Morgan fingerprint density at radius 1 is 1.05 bits per heavy atom. The number of pyridine rings is 2. The van der Waals surface area contributed by atoms with Gasteiger partial charge < -0.3 is 24.7 Å². The fourth-order valence-electron chi connectivity index (χ4n) is 4.52. The van der Waals surface area contributed by atoms with E-state index in [-0.39, 0.29) is 30.7 Å². The van der Waals surface area contributed by atoms with Crippen molar-refractivity contribution < 1.29 is 23.5 Å². The number of rotatable bonds is 9. The number of halogens is 1. The van der Waals surface area contributed by atoms with Gasteiger partial charge in [-0.3, -0.25) is 24.4 Å². The lowest BCUT2D eigenvalue weighted by atomic mass is 10.1. The molecule has 5 rings (SSSR count). The summed E-state index contributed by atoms with van der Waals surface area (Å²) in [5.74, 6) is -0.468. The topological polar surface area (TPSA) is 127 Å². The highest BCUT2D eigenvalue weighted by Crippen LogP contribution is 2.23. The molecule has 4 heterocycles. The molecule has 0 saturated carbocycles. The first-order valence-electron chi connectivity index (χ1n) is 13.0. The third kappa shape index (κ3) is 6.95. The number of hydrogen-bond donors (Lipinski definition) is 2. The van der Waals surface area contributed by atoms with Crippen LogP contribution in [0.2, 0.25) is 5.02 Å². The van der Waals surface area contributed by atoms with Crippen LogP contribution in [-0.4, -0.2) is 64.4 Å². The summed E-state index contributed by atoms with van der Waals surface area (Å²) in [6, 6.07) is 14.5. The van der Waals surface area contributed by atoms with Crippen LogP contribution in [0.25, 0.3) is 11.0 Å². The molecule has 0 aliphatic carbocycles. The first-order chi connectivity index (χ1) is 19.4. The van der Waals surface area contributed by atoms with E-state index in [0.717, 1.165) is 5.75 Å². The number of piperidine rings is 1. The highest BCUT2D eigenvalue weighted by atomic mass is 35.5. The van der Waals surface area contributed by atoms with Crippen molar-refractivity contribution in [3.05, 3.63) is 89.7 Å². The third-order valence-corrected chi connectivity index (χ3v) is 6.86. The van der Waals surface area contributed by atoms with Gasteiger partial charge in [0.1, 0.15) is 23.5 Å². The second-order valence-corrected chi connectivity index (χ2v) is 9.88. The highest BCUT2D eigenvalue weighted by molar-refractivity contribution is 6.31. The van der Waals surface area contributed by atoms with Crippen molar-refractivity contribution >= 4 is 40.3 Å². The molecule has 1 fully saturated rings. The van der Waals surface area contributed by atoms with E-state index >= 15 is 0 Å². The maximum atomic E-state index is 13.2. The first kappa shape index (κ1) is 27.1. The number of amides is 3. The molecule has 11 heteroatoms. The van der Waals surface area contributed by atoms with Crippen LogP contribution in [0.15, 0.2) is 77.6 Å². The zero-order valence-corrected chi connectivity index (χ0v) is 22.3. The number of fused-ring (bicyclic) bond motifs is 1. The van der Waals surface area contributed by atoms with Gasteiger partial charge in [-0.2, -0.15) is 0 Å². The molecule has 1 aromatic carbocycles. The quantitative estimate of drug-likeness (QED) is 0.321. The van der Waals surface area contributed by atoms with Gasteiger partial charge >= 0.3 is 0 Å². The zero-order chi connectivity index (χ0) is 27.9. The lowest BCUT2D eigenvalue weighted by Gasteiger charge is -2.32. The van der Waals surface area contributed by atoms with E-state index in [0.29, 0.717) is 47.6 Å². The summed E-state index contributed by atoms with van der Waals surface area (Å²) < 4.78 is 11.6. The summed E-state index contributed by atoms with van der Waals surface area (Å²) in [6.45, 7) is 0.857. The van der Waals surface area contributed by atoms with Gasteiger partial charge in [0.05, 0.1) is 6.54 Å². The molecule has 40 heavy (non-hydrogen) atoms. The standard InChI is InChI=1S/C29H28ClN5O5/c30-20-4-5-25-19(15-20)16-26(40-25)29(38)34-24(17-21-3-1-2-10-32-21)28(37)33-18-27(36)35-13-8-23(9-14-35)39-22-6-11-31-12-7-22/h1-7,10-12,15-16,23-24H,8-9,13-14,17-18H2,(H,33,37)(H,34,38)/t24-/m0/s1. The molecule has 0 unspecified atom stereocenters. The normalized spacial score (nSPS) is 14.5. The SMILES string of the molecule is O=C(N[C@@H](Cc1ccccn1)C(=O)NCC(=O)N1CCC(Oc2ccncc2)CC1)c1cc2cc(Cl)ccc2o1. The Kier molecular flexibility index (Phi) is 8.56. The summed E-state index contributed by atoms with van der Waals surface area (Å²) in [4.78, 5) is 49.0. The highest BCUT2D eigenvalue weighted by Gasteiger charge is 2.27. The molecular weight excluding hydrogens is 534 g/mol. The molecule has 1 saturated heterocycles. The Labute approximate surface area is 235 Å². The van der Waals surface area contributed by atoms with E-state index < -0.39 is 17.9 Å². The van der Waals surface area contributed by atoms with Crippen molar-refractivity contribution in [1.29, 1.82) is 0 Å². The van der Waals surface area contributed by atoms with E-state index in [4.69, 9.17) is 20.8 Å². The van der Waals surface area contributed by atoms with Crippen molar-refractivity contribution in [1.82, 2.24) is 25.5 Å². The Balaban J connectivity index is 1.18. The molecule has 206 valence electrons. The van der Waals surface area contributed by atoms with Crippen molar-refractivity contribution in [2.75, 3.05) is 19.6 Å². The van der Waals surface area contributed by atoms with Gasteiger partial charge in [-0.05, 0) is 48.5 Å². The van der Waals surface area contributed by atoms with E-state index in [2.05, 4.69) is 20.6 Å². The molecule has 0 radical (unpaired) electrons. The van der Waals surface area contributed by atoms with E-state index in [1.54, 1.807) is 78.1 Å². The Morgan fingerprint density at radius 3 is 2.60 bits per heavy atom. The van der Waals surface area contributed by atoms with Gasteiger partial charge in [0.2, 0.25) is 11.8 Å². The summed E-state index contributed by atoms with van der Waals surface area (Å²) in [7, 11) is 0. The fourth-order valence-corrected chi connectivity index (χ4v) is 4.70. The maximum Gasteiger partial charge on any atom is 0.287 e. The van der Waals surface area contributed by atoms with Crippen LogP contribution in [0.5, 0.6) is 5.75 Å². The Morgan fingerprint density at radius 2 is 1.85 bits per heavy atom. The molecule has 3 aromatic heterocycles. The van der Waals surface area contributed by atoms with E-state index in [1.165, 1.54) is 0 Å². The second-order valence-electron chi connectivity index (χ2n) is 9.44. The number of benzene rings is 1. The average molecular weight is 562 g/mol. The molecule has 0 spiro atoms. The van der Waals surface area contributed by atoms with Gasteiger partial charge in [0.25, 0.3) is 5.91 Å². The minimum Gasteiger partial charge on any atom is -0.490 e. The molecule has 4 aromatic rings. The number of likely N-dealkylation sites (tertiary alicyclic amines) is 1. The second kappa shape index (κ2) is 12.6. The van der Waals surface area contributed by atoms with Crippen LogP contribution in [0.3, 0.4) is 0 Å². The van der Waals surface area contributed by atoms with Gasteiger partial charge in [-0.1, -0.05) is 17.7 Å². The average Bonchev–Trinajstić information content (AvgIpc) is 3.40. The molecule has 1 aliphatic heterocycles. The van der Waals surface area contributed by atoms with Crippen LogP contribution >= 0.6 is 11.6 Å². The van der Waals surface area contributed by atoms with Crippen molar-refractivity contribution in [3.63, 3.8) is 0 Å². The molecule has 2 N–H and O–H groups in total. The van der Waals surface area contributed by atoms with E-state index in [9.17, 15) is 14.4 Å². The minimum absolute atomic E-state index is 0.00767. The lowest BCUT2D eigenvalue weighted by Crippen LogP contribution is -2.51. The first-order valence-corrected chi connectivity index (χ1v) is 13.3. The maximum absolute atomic E-state index is 13.2. The number of ether oxygens (including phenoxy) is 1. The Hall–Kier alpha value is -4.44. The number of nitrogens with one attached hydrogen (secondary N) is 2. The number of carbonyl (C=O) groups excluding carboxylic acids is 3. The molecule has 10 nitrogen and oxygen atoms in total. The van der Waals surface area contributed by atoms with Gasteiger partial charge in [-0.25, -0.2) is 0 Å². The summed E-state index contributed by atoms with van der Waals surface area (Å²) >= 11 is 6.04. The monoisotopic (exact) mass is 561 g/mol. The smallest absolute Gasteiger partial charge is 0.287 e. The van der Waals surface area contributed by atoms with Gasteiger partial charge in [0.15, 0.2) is 5.76 Å². The number of carbonyl (C=O) groups is 3.